The molecule has 2 aromatic carbocycles. The first-order valence-electron chi connectivity index (χ1n) is 9.37. The summed E-state index contributed by atoms with van der Waals surface area (Å²) < 4.78 is 33.0. The summed E-state index contributed by atoms with van der Waals surface area (Å²) in [5.41, 5.74) is 2.51. The van der Waals surface area contributed by atoms with E-state index < -0.39 is 16.1 Å². The summed E-state index contributed by atoms with van der Waals surface area (Å²) in [6.07, 6.45) is 2.04. The molecule has 0 saturated carbocycles. The molecule has 1 aliphatic rings. The van der Waals surface area contributed by atoms with E-state index in [9.17, 15) is 13.2 Å². The minimum atomic E-state index is -3.75. The van der Waals surface area contributed by atoms with Gasteiger partial charge in [0, 0.05) is 6.54 Å². The van der Waals surface area contributed by atoms with Crippen LogP contribution in [0.3, 0.4) is 0 Å². The molecule has 150 valence electrons. The molecule has 2 aromatic rings. The molecule has 1 aliphatic heterocycles. The van der Waals surface area contributed by atoms with Gasteiger partial charge >= 0.3 is 0 Å². The molecule has 0 aromatic heterocycles. The van der Waals surface area contributed by atoms with Crippen LogP contribution in [-0.4, -0.2) is 38.3 Å². The minimum Gasteiger partial charge on any atom is -0.495 e. The van der Waals surface area contributed by atoms with E-state index in [0.29, 0.717) is 24.4 Å². The normalized spacial score (nSPS) is 17.9. The first kappa shape index (κ1) is 20.4. The SMILES string of the molecule is COc1ccc(C)cc1NC(=O)[C@@H]1CCCCN1S(=O)(=O)c1ccc(C)cc1. The summed E-state index contributed by atoms with van der Waals surface area (Å²) in [5.74, 6) is 0.210. The number of carbonyl (C=O) groups excluding carboxylic acids is 1. The molecule has 0 aliphatic carbocycles. The Kier molecular flexibility index (Phi) is 6.05. The molecule has 1 fully saturated rings. The van der Waals surface area contributed by atoms with Crippen molar-refractivity contribution in [2.75, 3.05) is 19.0 Å². The molecule has 7 heteroatoms. The second kappa shape index (κ2) is 8.32. The van der Waals surface area contributed by atoms with Gasteiger partial charge in [0.15, 0.2) is 0 Å². The van der Waals surface area contributed by atoms with E-state index in [1.807, 2.05) is 26.0 Å². The first-order chi connectivity index (χ1) is 13.3. The highest BCUT2D eigenvalue weighted by atomic mass is 32.2. The maximum absolute atomic E-state index is 13.2. The average molecular weight is 403 g/mol. The van der Waals surface area contributed by atoms with E-state index in [1.54, 1.807) is 30.3 Å². The predicted octanol–water partition coefficient (Wildman–Crippen LogP) is 3.49. The number of carbonyl (C=O) groups is 1. The van der Waals surface area contributed by atoms with Crippen LogP contribution in [0.4, 0.5) is 5.69 Å². The zero-order chi connectivity index (χ0) is 20.3. The Labute approximate surface area is 166 Å². The summed E-state index contributed by atoms with van der Waals surface area (Å²) in [4.78, 5) is 13.2. The predicted molar refractivity (Wildman–Crippen MR) is 109 cm³/mol. The third-order valence-electron chi connectivity index (χ3n) is 5.00. The third-order valence-corrected chi connectivity index (χ3v) is 6.92. The molecule has 28 heavy (non-hydrogen) atoms. The van der Waals surface area contributed by atoms with Crippen LogP contribution in [0.15, 0.2) is 47.4 Å². The average Bonchev–Trinajstić information content (AvgIpc) is 2.68. The van der Waals surface area contributed by atoms with Gasteiger partial charge in [0.25, 0.3) is 0 Å². The van der Waals surface area contributed by atoms with Crippen LogP contribution < -0.4 is 10.1 Å². The zero-order valence-corrected chi connectivity index (χ0v) is 17.3. The minimum absolute atomic E-state index is 0.214. The van der Waals surface area contributed by atoms with E-state index in [-0.39, 0.29) is 10.8 Å². The van der Waals surface area contributed by atoms with Crippen molar-refractivity contribution < 1.29 is 17.9 Å². The Balaban J connectivity index is 1.88. The number of aryl methyl sites for hydroxylation is 2. The van der Waals surface area contributed by atoms with Crippen molar-refractivity contribution in [3.8, 4) is 5.75 Å². The number of anilines is 1. The maximum Gasteiger partial charge on any atom is 0.243 e. The van der Waals surface area contributed by atoms with Crippen molar-refractivity contribution in [2.45, 2.75) is 44.0 Å². The van der Waals surface area contributed by atoms with Crippen molar-refractivity contribution in [3.05, 3.63) is 53.6 Å². The molecular weight excluding hydrogens is 376 g/mol. The Hall–Kier alpha value is -2.38. The number of sulfonamides is 1. The summed E-state index contributed by atoms with van der Waals surface area (Å²) in [6.45, 7) is 4.16. The molecule has 1 saturated heterocycles. The molecule has 1 heterocycles. The number of hydrogen-bond donors (Lipinski definition) is 1. The van der Waals surface area contributed by atoms with Crippen LogP contribution in [-0.2, 0) is 14.8 Å². The van der Waals surface area contributed by atoms with Gasteiger partial charge < -0.3 is 10.1 Å². The number of hydrogen-bond acceptors (Lipinski definition) is 4. The molecule has 1 amide bonds. The van der Waals surface area contributed by atoms with Gasteiger partial charge in [-0.05, 0) is 56.5 Å². The van der Waals surface area contributed by atoms with Gasteiger partial charge in [-0.3, -0.25) is 4.79 Å². The molecule has 3 rings (SSSR count). The number of methoxy groups -OCH3 is 1. The van der Waals surface area contributed by atoms with Gasteiger partial charge in [-0.15, -0.1) is 0 Å². The highest BCUT2D eigenvalue weighted by Gasteiger charge is 2.37. The fraction of sp³-hybridized carbons (Fsp3) is 0.381. The second-order valence-electron chi connectivity index (χ2n) is 7.13. The van der Waals surface area contributed by atoms with Gasteiger partial charge in [-0.2, -0.15) is 4.31 Å². The standard InChI is InChI=1S/C21H26N2O4S/c1-15-7-10-17(11-8-15)28(25,26)23-13-5-4-6-19(23)21(24)22-18-14-16(2)9-12-20(18)27-3/h7-12,14,19H,4-6,13H2,1-3H3,(H,22,24)/t19-/m0/s1. The van der Waals surface area contributed by atoms with Crippen molar-refractivity contribution >= 4 is 21.6 Å². The lowest BCUT2D eigenvalue weighted by Crippen LogP contribution is -2.49. The summed E-state index contributed by atoms with van der Waals surface area (Å²) in [6, 6.07) is 11.5. The number of benzene rings is 2. The number of nitrogens with zero attached hydrogens (tertiary/aromatic N) is 1. The Morgan fingerprint density at radius 2 is 1.75 bits per heavy atom. The van der Waals surface area contributed by atoms with Gasteiger partial charge in [0.1, 0.15) is 11.8 Å². The maximum atomic E-state index is 13.2. The van der Waals surface area contributed by atoms with E-state index in [2.05, 4.69) is 5.32 Å². The summed E-state index contributed by atoms with van der Waals surface area (Å²) in [5, 5.41) is 2.86. The van der Waals surface area contributed by atoms with Crippen molar-refractivity contribution in [1.82, 2.24) is 4.31 Å². The van der Waals surface area contributed by atoms with Crippen molar-refractivity contribution in [1.29, 1.82) is 0 Å². The fourth-order valence-corrected chi connectivity index (χ4v) is 5.09. The second-order valence-corrected chi connectivity index (χ2v) is 9.02. The van der Waals surface area contributed by atoms with Crippen LogP contribution in [0.25, 0.3) is 0 Å². The third kappa shape index (κ3) is 4.20. The smallest absolute Gasteiger partial charge is 0.243 e. The molecule has 0 bridgehead atoms. The Morgan fingerprint density at radius 1 is 1.07 bits per heavy atom. The largest absolute Gasteiger partial charge is 0.495 e. The molecule has 0 radical (unpaired) electrons. The monoisotopic (exact) mass is 402 g/mol. The summed E-state index contributed by atoms with van der Waals surface area (Å²) >= 11 is 0. The molecule has 1 N–H and O–H groups in total. The number of amides is 1. The lowest BCUT2D eigenvalue weighted by Gasteiger charge is -2.33. The van der Waals surface area contributed by atoms with Crippen molar-refractivity contribution in [3.63, 3.8) is 0 Å². The number of rotatable bonds is 5. The molecule has 0 unspecified atom stereocenters. The zero-order valence-electron chi connectivity index (χ0n) is 16.4. The highest BCUT2D eigenvalue weighted by Crippen LogP contribution is 2.29. The quantitative estimate of drug-likeness (QED) is 0.831. The molecule has 0 spiro atoms. The Morgan fingerprint density at radius 3 is 2.43 bits per heavy atom. The molecule has 6 nitrogen and oxygen atoms in total. The Bertz CT molecular complexity index is 955. The van der Waals surface area contributed by atoms with Crippen LogP contribution in [0.5, 0.6) is 5.75 Å². The van der Waals surface area contributed by atoms with Gasteiger partial charge in [-0.25, -0.2) is 8.42 Å². The lowest BCUT2D eigenvalue weighted by molar-refractivity contribution is -0.120. The van der Waals surface area contributed by atoms with Crippen LogP contribution in [0.2, 0.25) is 0 Å². The van der Waals surface area contributed by atoms with Crippen LogP contribution >= 0.6 is 0 Å². The van der Waals surface area contributed by atoms with Crippen LogP contribution in [0.1, 0.15) is 30.4 Å². The molecular formula is C21H26N2O4S. The lowest BCUT2D eigenvalue weighted by atomic mass is 10.0. The number of ether oxygens (including phenoxy) is 1. The summed E-state index contributed by atoms with van der Waals surface area (Å²) in [7, 11) is -2.21. The number of nitrogens with one attached hydrogen (secondary N) is 1. The fourth-order valence-electron chi connectivity index (χ4n) is 3.44. The topological polar surface area (TPSA) is 75.7 Å². The van der Waals surface area contributed by atoms with E-state index >= 15 is 0 Å². The first-order valence-corrected chi connectivity index (χ1v) is 10.8. The van der Waals surface area contributed by atoms with E-state index in [0.717, 1.165) is 24.0 Å². The van der Waals surface area contributed by atoms with Gasteiger partial charge in [0.2, 0.25) is 15.9 Å². The van der Waals surface area contributed by atoms with E-state index in [4.69, 9.17) is 4.74 Å². The molecule has 1 atom stereocenters. The highest BCUT2D eigenvalue weighted by molar-refractivity contribution is 7.89. The number of piperidine rings is 1. The van der Waals surface area contributed by atoms with Crippen molar-refractivity contribution in [2.24, 2.45) is 0 Å². The van der Waals surface area contributed by atoms with E-state index in [1.165, 1.54) is 11.4 Å². The van der Waals surface area contributed by atoms with Gasteiger partial charge in [-0.1, -0.05) is 30.2 Å². The van der Waals surface area contributed by atoms with Crippen LogP contribution in [0, 0.1) is 13.8 Å². The van der Waals surface area contributed by atoms with Gasteiger partial charge in [0.05, 0.1) is 17.7 Å².